The topological polar surface area (TPSA) is 83.5 Å². The van der Waals surface area contributed by atoms with Crippen LogP contribution in [0.2, 0.25) is 5.02 Å². The number of hydrogen-bond donors (Lipinski definition) is 2. The van der Waals surface area contributed by atoms with Crippen LogP contribution in [-0.4, -0.2) is 26.0 Å². The fourth-order valence-corrected chi connectivity index (χ4v) is 3.41. The summed E-state index contributed by atoms with van der Waals surface area (Å²) in [5.74, 6) is -1.73. The van der Waals surface area contributed by atoms with Crippen molar-refractivity contribution in [1.29, 1.82) is 0 Å². The third-order valence-corrected chi connectivity index (χ3v) is 4.99. The largest absolute Gasteiger partial charge is 0.481 e. The van der Waals surface area contributed by atoms with E-state index in [1.165, 1.54) is 6.07 Å². The van der Waals surface area contributed by atoms with Gasteiger partial charge in [0.25, 0.3) is 0 Å². The number of aliphatic carboxylic acids is 1. The lowest BCUT2D eigenvalue weighted by Crippen LogP contribution is -2.33. The molecule has 0 aliphatic rings. The van der Waals surface area contributed by atoms with Crippen LogP contribution in [0.15, 0.2) is 23.1 Å². The second kappa shape index (κ2) is 7.06. The molecule has 0 radical (unpaired) electrons. The molecule has 0 heterocycles. The molecule has 5 nitrogen and oxygen atoms in total. The summed E-state index contributed by atoms with van der Waals surface area (Å²) in [5.41, 5.74) is 0.448. The van der Waals surface area contributed by atoms with E-state index in [-0.39, 0.29) is 11.4 Å². The van der Waals surface area contributed by atoms with Crippen LogP contribution in [0.5, 0.6) is 0 Å². The van der Waals surface area contributed by atoms with Gasteiger partial charge in [-0.25, -0.2) is 13.1 Å². The molecule has 1 atom stereocenters. The van der Waals surface area contributed by atoms with Crippen LogP contribution in [0.1, 0.15) is 25.3 Å². The summed E-state index contributed by atoms with van der Waals surface area (Å²) in [6.07, 6.45) is 1.10. The van der Waals surface area contributed by atoms with E-state index in [1.807, 2.05) is 6.92 Å². The number of benzene rings is 1. The first kappa shape index (κ1) is 16.9. The van der Waals surface area contributed by atoms with Gasteiger partial charge in [-0.1, -0.05) is 31.0 Å². The Kier molecular flexibility index (Phi) is 5.98. The van der Waals surface area contributed by atoms with Crippen LogP contribution in [0, 0.1) is 12.8 Å². The fourth-order valence-electron chi connectivity index (χ4n) is 1.83. The maximum atomic E-state index is 12.2. The van der Waals surface area contributed by atoms with E-state index in [0.717, 1.165) is 0 Å². The highest BCUT2D eigenvalue weighted by Gasteiger charge is 2.22. The summed E-state index contributed by atoms with van der Waals surface area (Å²) in [5, 5.41) is 9.37. The summed E-state index contributed by atoms with van der Waals surface area (Å²) in [4.78, 5) is 11.1. The molecular formula is C13H18ClNO4S. The van der Waals surface area contributed by atoms with Gasteiger partial charge in [-0.2, -0.15) is 0 Å². The van der Waals surface area contributed by atoms with Crippen LogP contribution >= 0.6 is 11.6 Å². The van der Waals surface area contributed by atoms with Crippen molar-refractivity contribution in [3.05, 3.63) is 28.8 Å². The van der Waals surface area contributed by atoms with Gasteiger partial charge in [-0.3, -0.25) is 4.79 Å². The highest BCUT2D eigenvalue weighted by molar-refractivity contribution is 7.89. The summed E-state index contributed by atoms with van der Waals surface area (Å²) in [6.45, 7) is 3.33. The van der Waals surface area contributed by atoms with Gasteiger partial charge in [-0.15, -0.1) is 0 Å². The Labute approximate surface area is 124 Å². The molecule has 20 heavy (non-hydrogen) atoms. The molecule has 0 aliphatic carbocycles. The van der Waals surface area contributed by atoms with E-state index in [4.69, 9.17) is 16.7 Å². The molecule has 0 saturated carbocycles. The van der Waals surface area contributed by atoms with E-state index in [1.54, 1.807) is 19.1 Å². The van der Waals surface area contributed by atoms with Gasteiger partial charge in [0.15, 0.2) is 0 Å². The van der Waals surface area contributed by atoms with Crippen LogP contribution in [0.25, 0.3) is 0 Å². The minimum Gasteiger partial charge on any atom is -0.481 e. The SMILES string of the molecule is CCCC(CNS(=O)(=O)c1cccc(Cl)c1C)C(=O)O. The minimum atomic E-state index is -3.76. The summed E-state index contributed by atoms with van der Waals surface area (Å²) in [6, 6.07) is 4.59. The molecule has 0 saturated heterocycles. The lowest BCUT2D eigenvalue weighted by atomic mass is 10.1. The standard InChI is InChI=1S/C13H18ClNO4S/c1-3-5-10(13(16)17)8-15-20(18,19)12-7-4-6-11(14)9(12)2/h4,6-7,10,15H,3,5,8H2,1-2H3,(H,16,17). The fraction of sp³-hybridized carbons (Fsp3) is 0.462. The quantitative estimate of drug-likeness (QED) is 0.808. The molecule has 0 fully saturated rings. The van der Waals surface area contributed by atoms with Crippen molar-refractivity contribution < 1.29 is 18.3 Å². The number of carboxylic acid groups (broad SMARTS) is 1. The van der Waals surface area contributed by atoms with Gasteiger partial charge in [0.05, 0.1) is 10.8 Å². The molecule has 0 amide bonds. The Bertz CT molecular complexity index is 586. The van der Waals surface area contributed by atoms with Gasteiger partial charge in [0.2, 0.25) is 10.0 Å². The molecule has 1 aromatic rings. The summed E-state index contributed by atoms with van der Waals surface area (Å²) < 4.78 is 26.7. The predicted molar refractivity (Wildman–Crippen MR) is 77.4 cm³/mol. The predicted octanol–water partition coefficient (Wildman–Crippen LogP) is 2.43. The van der Waals surface area contributed by atoms with Crippen molar-refractivity contribution in [2.45, 2.75) is 31.6 Å². The Hall–Kier alpha value is -1.11. The number of nitrogens with one attached hydrogen (secondary N) is 1. The number of halogens is 1. The summed E-state index contributed by atoms with van der Waals surface area (Å²) in [7, 11) is -3.76. The third-order valence-electron chi connectivity index (χ3n) is 3.01. The molecule has 2 N–H and O–H groups in total. The van der Waals surface area contributed by atoms with E-state index >= 15 is 0 Å². The Morgan fingerprint density at radius 1 is 1.45 bits per heavy atom. The second-order valence-corrected chi connectivity index (χ2v) is 6.68. The zero-order valence-corrected chi connectivity index (χ0v) is 13.0. The lowest BCUT2D eigenvalue weighted by Gasteiger charge is -2.14. The lowest BCUT2D eigenvalue weighted by molar-refractivity contribution is -0.141. The number of sulfonamides is 1. The normalized spacial score (nSPS) is 13.2. The van der Waals surface area contributed by atoms with E-state index in [9.17, 15) is 13.2 Å². The molecule has 0 spiro atoms. The molecule has 0 aromatic heterocycles. The van der Waals surface area contributed by atoms with Gasteiger partial charge in [0.1, 0.15) is 0 Å². The first-order valence-electron chi connectivity index (χ1n) is 6.27. The molecule has 0 bridgehead atoms. The average molecular weight is 320 g/mol. The molecule has 1 unspecified atom stereocenters. The zero-order chi connectivity index (χ0) is 15.3. The molecule has 0 aliphatic heterocycles. The number of rotatable bonds is 7. The maximum absolute atomic E-state index is 12.2. The van der Waals surface area contributed by atoms with Gasteiger partial charge >= 0.3 is 5.97 Å². The van der Waals surface area contributed by atoms with Crippen LogP contribution < -0.4 is 4.72 Å². The zero-order valence-electron chi connectivity index (χ0n) is 11.4. The van der Waals surface area contributed by atoms with Crippen LogP contribution in [-0.2, 0) is 14.8 Å². The van der Waals surface area contributed by atoms with Crippen molar-refractivity contribution >= 4 is 27.6 Å². The second-order valence-electron chi connectivity index (χ2n) is 4.54. The Morgan fingerprint density at radius 2 is 2.10 bits per heavy atom. The number of carboxylic acids is 1. The first-order valence-corrected chi connectivity index (χ1v) is 8.13. The van der Waals surface area contributed by atoms with Crippen molar-refractivity contribution in [2.24, 2.45) is 5.92 Å². The van der Waals surface area contributed by atoms with Gasteiger partial charge in [-0.05, 0) is 31.0 Å². The number of hydrogen-bond acceptors (Lipinski definition) is 3. The minimum absolute atomic E-state index is 0.0747. The highest BCUT2D eigenvalue weighted by Crippen LogP contribution is 2.22. The van der Waals surface area contributed by atoms with E-state index in [0.29, 0.717) is 23.4 Å². The van der Waals surface area contributed by atoms with E-state index < -0.39 is 21.9 Å². The molecule has 1 rings (SSSR count). The van der Waals surface area contributed by atoms with E-state index in [2.05, 4.69) is 4.72 Å². The Morgan fingerprint density at radius 3 is 2.65 bits per heavy atom. The number of carbonyl (C=O) groups is 1. The van der Waals surface area contributed by atoms with Gasteiger partial charge < -0.3 is 5.11 Å². The molecule has 112 valence electrons. The highest BCUT2D eigenvalue weighted by atomic mass is 35.5. The maximum Gasteiger partial charge on any atom is 0.307 e. The van der Waals surface area contributed by atoms with Crippen LogP contribution in [0.3, 0.4) is 0 Å². The first-order chi connectivity index (χ1) is 9.29. The monoisotopic (exact) mass is 319 g/mol. The molecular weight excluding hydrogens is 302 g/mol. The van der Waals surface area contributed by atoms with Crippen LogP contribution in [0.4, 0.5) is 0 Å². The molecule has 1 aromatic carbocycles. The van der Waals surface area contributed by atoms with Crippen molar-refractivity contribution in [2.75, 3.05) is 6.54 Å². The van der Waals surface area contributed by atoms with Crippen molar-refractivity contribution in [3.63, 3.8) is 0 Å². The third kappa shape index (κ3) is 4.19. The average Bonchev–Trinajstić information content (AvgIpc) is 2.37. The van der Waals surface area contributed by atoms with Gasteiger partial charge in [0, 0.05) is 11.6 Å². The Balaban J connectivity index is 2.90. The van der Waals surface area contributed by atoms with Crippen molar-refractivity contribution in [1.82, 2.24) is 4.72 Å². The smallest absolute Gasteiger partial charge is 0.307 e. The van der Waals surface area contributed by atoms with Crippen molar-refractivity contribution in [3.8, 4) is 0 Å². The summed E-state index contributed by atoms with van der Waals surface area (Å²) >= 11 is 5.90. The molecule has 7 heteroatoms.